The first kappa shape index (κ1) is 32.6. The highest BCUT2D eigenvalue weighted by atomic mass is 16.6. The van der Waals surface area contributed by atoms with E-state index in [1.165, 1.54) is 6.08 Å². The number of nitrogens with zero attached hydrogens (tertiary/aromatic N) is 1. The van der Waals surface area contributed by atoms with Crippen molar-refractivity contribution in [3.8, 4) is 0 Å². The van der Waals surface area contributed by atoms with Crippen molar-refractivity contribution in [2.75, 3.05) is 32.9 Å². The van der Waals surface area contributed by atoms with Crippen LogP contribution in [0.2, 0.25) is 0 Å². The molecule has 0 unspecified atom stereocenters. The van der Waals surface area contributed by atoms with Crippen molar-refractivity contribution in [1.82, 2.24) is 4.90 Å². The number of ether oxygens (including phenoxy) is 4. The molecule has 0 aromatic carbocycles. The minimum Gasteiger partial charge on any atom is -0.442 e. The highest BCUT2D eigenvalue weighted by molar-refractivity contribution is 5.89. The summed E-state index contributed by atoms with van der Waals surface area (Å²) in [5.74, 6) is 0.517. The molecule has 0 aromatic heterocycles. The molecule has 0 radical (unpaired) electrons. The number of aliphatic hydroxyl groups is 2. The van der Waals surface area contributed by atoms with Gasteiger partial charge in [0.2, 0.25) is 0 Å². The Kier molecular flexibility index (Phi) is 11.2. The number of aliphatic hydroxyl groups excluding tert-OH is 2. The first-order chi connectivity index (χ1) is 20.0. The summed E-state index contributed by atoms with van der Waals surface area (Å²) in [5.41, 5.74) is 1.42. The molecular formula is C33H49NO8. The molecule has 0 aromatic rings. The SMILES string of the molecule is C=C(CO)[C@H]1CCN(C(=O)O[C@@H](C)/C=C\C(=O)C[C@@H]2C[C@H](C)[C@H](C/C=C(C)/C=C/[C@H]3OCC[C@@]4(CO4)[C@@H]3O)O[C@@H]2C)C1. The van der Waals surface area contributed by atoms with Crippen LogP contribution in [0.15, 0.2) is 48.1 Å². The highest BCUT2D eigenvalue weighted by Gasteiger charge is 2.55. The highest BCUT2D eigenvalue weighted by Crippen LogP contribution is 2.40. The average molecular weight is 588 g/mol. The zero-order valence-electron chi connectivity index (χ0n) is 25.6. The molecular weight excluding hydrogens is 538 g/mol. The number of ketones is 1. The van der Waals surface area contributed by atoms with Gasteiger partial charge >= 0.3 is 6.09 Å². The molecule has 4 rings (SSSR count). The van der Waals surface area contributed by atoms with E-state index >= 15 is 0 Å². The van der Waals surface area contributed by atoms with Gasteiger partial charge in [-0.1, -0.05) is 37.3 Å². The predicted octanol–water partition coefficient (Wildman–Crippen LogP) is 4.14. The Balaban J connectivity index is 1.18. The van der Waals surface area contributed by atoms with Crippen LogP contribution in [-0.4, -0.2) is 96.0 Å². The largest absolute Gasteiger partial charge is 0.442 e. The van der Waals surface area contributed by atoms with Crippen LogP contribution in [0, 0.1) is 17.8 Å². The van der Waals surface area contributed by atoms with Crippen molar-refractivity contribution in [3.63, 3.8) is 0 Å². The zero-order valence-corrected chi connectivity index (χ0v) is 25.6. The summed E-state index contributed by atoms with van der Waals surface area (Å²) in [6.45, 7) is 14.0. The van der Waals surface area contributed by atoms with E-state index in [1.807, 2.05) is 26.0 Å². The molecule has 0 bridgehead atoms. The van der Waals surface area contributed by atoms with Crippen LogP contribution in [0.25, 0.3) is 0 Å². The van der Waals surface area contributed by atoms with E-state index in [0.717, 1.165) is 36.8 Å². The van der Waals surface area contributed by atoms with Gasteiger partial charge in [-0.25, -0.2) is 4.79 Å². The summed E-state index contributed by atoms with van der Waals surface area (Å²) in [4.78, 5) is 26.8. The molecule has 0 aliphatic carbocycles. The lowest BCUT2D eigenvalue weighted by molar-refractivity contribution is -0.125. The fraction of sp³-hybridized carbons (Fsp3) is 0.697. The maximum Gasteiger partial charge on any atom is 0.410 e. The van der Waals surface area contributed by atoms with Crippen LogP contribution in [-0.2, 0) is 23.7 Å². The number of rotatable bonds is 11. The van der Waals surface area contributed by atoms with Crippen molar-refractivity contribution in [2.45, 2.75) is 95.9 Å². The lowest BCUT2D eigenvalue weighted by Crippen LogP contribution is -2.46. The molecule has 9 nitrogen and oxygen atoms in total. The number of amides is 1. The summed E-state index contributed by atoms with van der Waals surface area (Å²) in [7, 11) is 0. The molecule has 4 heterocycles. The van der Waals surface area contributed by atoms with E-state index in [9.17, 15) is 19.8 Å². The van der Waals surface area contributed by atoms with Gasteiger partial charge in [0.25, 0.3) is 0 Å². The minimum absolute atomic E-state index is 0.00384. The van der Waals surface area contributed by atoms with Crippen LogP contribution < -0.4 is 0 Å². The number of carbonyl (C=O) groups is 2. The number of allylic oxidation sites excluding steroid dienone is 3. The van der Waals surface area contributed by atoms with Gasteiger partial charge in [-0.05, 0) is 69.6 Å². The molecule has 4 aliphatic heterocycles. The molecule has 4 saturated heterocycles. The topological polar surface area (TPSA) is 118 Å². The number of hydrogen-bond acceptors (Lipinski definition) is 8. The van der Waals surface area contributed by atoms with E-state index in [1.54, 1.807) is 17.9 Å². The Morgan fingerprint density at radius 1 is 1.26 bits per heavy atom. The second-order valence-corrected chi connectivity index (χ2v) is 12.6. The normalized spacial score (nSPS) is 36.1. The third kappa shape index (κ3) is 8.41. The lowest BCUT2D eigenvalue weighted by atomic mass is 9.81. The predicted molar refractivity (Wildman–Crippen MR) is 159 cm³/mol. The Labute approximate surface area is 250 Å². The van der Waals surface area contributed by atoms with E-state index in [4.69, 9.17) is 18.9 Å². The van der Waals surface area contributed by atoms with Gasteiger partial charge in [0.1, 0.15) is 23.9 Å². The molecule has 1 amide bonds. The smallest absolute Gasteiger partial charge is 0.410 e. The maximum atomic E-state index is 12.7. The number of carbonyl (C=O) groups excluding carboxylic acids is 2. The Morgan fingerprint density at radius 2 is 2.02 bits per heavy atom. The van der Waals surface area contributed by atoms with Crippen molar-refractivity contribution in [2.24, 2.45) is 17.8 Å². The minimum atomic E-state index is -0.632. The molecule has 4 aliphatic rings. The molecule has 42 heavy (non-hydrogen) atoms. The van der Waals surface area contributed by atoms with E-state index < -0.39 is 23.9 Å². The average Bonchev–Trinajstić information content (AvgIpc) is 3.56. The van der Waals surface area contributed by atoms with Crippen molar-refractivity contribution < 1.29 is 38.7 Å². The van der Waals surface area contributed by atoms with Crippen molar-refractivity contribution in [3.05, 3.63) is 48.1 Å². The Morgan fingerprint density at radius 3 is 2.74 bits per heavy atom. The first-order valence-electron chi connectivity index (χ1n) is 15.4. The van der Waals surface area contributed by atoms with E-state index in [2.05, 4.69) is 19.6 Å². The molecule has 1 spiro atoms. The van der Waals surface area contributed by atoms with Crippen LogP contribution in [0.1, 0.15) is 59.8 Å². The molecule has 4 fully saturated rings. The fourth-order valence-corrected chi connectivity index (χ4v) is 6.20. The molecule has 9 atom stereocenters. The molecule has 234 valence electrons. The second kappa shape index (κ2) is 14.4. The Bertz CT molecular complexity index is 1060. The molecule has 2 N–H and O–H groups in total. The summed E-state index contributed by atoms with van der Waals surface area (Å²) >= 11 is 0. The van der Waals surface area contributed by atoms with Crippen LogP contribution in [0.3, 0.4) is 0 Å². The van der Waals surface area contributed by atoms with Crippen LogP contribution in [0.5, 0.6) is 0 Å². The number of epoxide rings is 1. The number of hydrogen-bond donors (Lipinski definition) is 2. The fourth-order valence-electron chi connectivity index (χ4n) is 6.20. The number of likely N-dealkylation sites (tertiary alicyclic amines) is 1. The van der Waals surface area contributed by atoms with Crippen molar-refractivity contribution in [1.29, 1.82) is 0 Å². The summed E-state index contributed by atoms with van der Waals surface area (Å²) in [6.07, 6.45) is 10.9. The summed E-state index contributed by atoms with van der Waals surface area (Å²) in [5, 5.41) is 19.8. The third-order valence-electron chi connectivity index (χ3n) is 9.31. The van der Waals surface area contributed by atoms with Gasteiger partial charge in [-0.15, -0.1) is 0 Å². The lowest BCUT2D eigenvalue weighted by Gasteiger charge is -2.38. The van der Waals surface area contributed by atoms with Gasteiger partial charge in [0.05, 0.1) is 32.0 Å². The second-order valence-electron chi connectivity index (χ2n) is 12.6. The van der Waals surface area contributed by atoms with E-state index in [-0.39, 0.29) is 42.5 Å². The quantitative estimate of drug-likeness (QED) is 0.160. The monoisotopic (exact) mass is 587 g/mol. The van der Waals surface area contributed by atoms with Gasteiger partial charge in [-0.2, -0.15) is 0 Å². The summed E-state index contributed by atoms with van der Waals surface area (Å²) in [6, 6.07) is 0. The van der Waals surface area contributed by atoms with Gasteiger partial charge in [-0.3, -0.25) is 4.79 Å². The third-order valence-corrected chi connectivity index (χ3v) is 9.31. The summed E-state index contributed by atoms with van der Waals surface area (Å²) < 4.78 is 23.1. The van der Waals surface area contributed by atoms with Crippen LogP contribution in [0.4, 0.5) is 4.79 Å². The molecule has 0 saturated carbocycles. The maximum absolute atomic E-state index is 12.7. The Hall–Kier alpha value is -2.30. The molecule has 9 heteroatoms. The van der Waals surface area contributed by atoms with Crippen LogP contribution >= 0.6 is 0 Å². The zero-order chi connectivity index (χ0) is 30.4. The van der Waals surface area contributed by atoms with Gasteiger partial charge < -0.3 is 34.1 Å². The van der Waals surface area contributed by atoms with Gasteiger partial charge in [0.15, 0.2) is 5.78 Å². The van der Waals surface area contributed by atoms with Gasteiger partial charge in [0, 0.05) is 31.8 Å². The van der Waals surface area contributed by atoms with Crippen molar-refractivity contribution >= 4 is 11.9 Å². The first-order valence-corrected chi connectivity index (χ1v) is 15.4. The standard InChI is InChI=1S/C33H49NO8/c1-21(7-11-30-31(37)33(20-40-33)13-15-39-30)6-10-29-22(2)16-27(25(5)42-29)17-28(36)9-8-24(4)41-32(38)34-14-12-26(18-34)23(3)19-35/h6-9,11,22,24-27,29-31,35,37H,3,10,12-20H2,1-2,4-5H3/b9-8-,11-7+,21-6+/t22-,24-,25+,26-,27-,29-,30+,31+,33+/m0/s1. The van der Waals surface area contributed by atoms with E-state index in [0.29, 0.717) is 38.6 Å².